The molecule has 1 heterocycles. The van der Waals surface area contributed by atoms with Crippen molar-refractivity contribution in [2.24, 2.45) is 0 Å². The van der Waals surface area contributed by atoms with Gasteiger partial charge in [-0.1, -0.05) is 0 Å². The van der Waals surface area contributed by atoms with E-state index in [0.717, 1.165) is 6.20 Å². The Kier molecular flexibility index (Phi) is 3.65. The Labute approximate surface area is 91.0 Å². The van der Waals surface area contributed by atoms with Crippen LogP contribution in [0.5, 0.6) is 0 Å². The lowest BCUT2D eigenvalue weighted by Gasteiger charge is -2.04. The minimum absolute atomic E-state index is 0.530. The van der Waals surface area contributed by atoms with Gasteiger partial charge in [-0.05, 0) is 6.92 Å². The predicted octanol–water partition coefficient (Wildman–Crippen LogP) is 0.368. The van der Waals surface area contributed by atoms with E-state index in [1.54, 1.807) is 10.7 Å². The zero-order valence-corrected chi connectivity index (χ0v) is 8.54. The highest BCUT2D eigenvalue weighted by Crippen LogP contribution is 2.06. The number of anilines is 1. The van der Waals surface area contributed by atoms with Gasteiger partial charge in [-0.15, -0.1) is 0 Å². The van der Waals surface area contributed by atoms with Gasteiger partial charge in [0, 0.05) is 18.8 Å². The van der Waals surface area contributed by atoms with Crippen molar-refractivity contribution in [2.45, 2.75) is 13.5 Å². The number of nitrogens with one attached hydrogen (secondary N) is 1. The molecular weight excluding hydrogens is 214 g/mol. The average molecular weight is 225 g/mol. The van der Waals surface area contributed by atoms with E-state index in [9.17, 15) is 9.59 Å². The van der Waals surface area contributed by atoms with Gasteiger partial charge in [0.2, 0.25) is 0 Å². The molecule has 0 amide bonds. The zero-order chi connectivity index (χ0) is 12.1. The van der Waals surface area contributed by atoms with E-state index >= 15 is 0 Å². The number of nitrogens with zero attached hydrogens (tertiary/aromatic N) is 2. The summed E-state index contributed by atoms with van der Waals surface area (Å²) in [5.41, 5.74) is -0.733. The minimum Gasteiger partial charge on any atom is -0.477 e. The van der Waals surface area contributed by atoms with Crippen LogP contribution in [0.1, 0.15) is 6.92 Å². The highest BCUT2D eigenvalue weighted by molar-refractivity contribution is 6.12. The highest BCUT2D eigenvalue weighted by Gasteiger charge is 2.15. The van der Waals surface area contributed by atoms with Crippen LogP contribution in [-0.4, -0.2) is 31.9 Å². The Morgan fingerprint density at radius 1 is 1.50 bits per heavy atom. The number of carboxylic acid groups (broad SMARTS) is 2. The summed E-state index contributed by atoms with van der Waals surface area (Å²) in [5.74, 6) is -2.47. The van der Waals surface area contributed by atoms with Crippen molar-refractivity contribution >= 4 is 17.8 Å². The summed E-state index contributed by atoms with van der Waals surface area (Å²) >= 11 is 0. The maximum atomic E-state index is 10.5. The third kappa shape index (κ3) is 2.59. The van der Waals surface area contributed by atoms with Crippen LogP contribution >= 0.6 is 0 Å². The van der Waals surface area contributed by atoms with Crippen molar-refractivity contribution in [3.63, 3.8) is 0 Å². The second-order valence-electron chi connectivity index (χ2n) is 2.84. The van der Waals surface area contributed by atoms with E-state index in [4.69, 9.17) is 10.2 Å². The molecule has 0 saturated heterocycles. The molecule has 0 aliphatic rings. The average Bonchev–Trinajstić information content (AvgIpc) is 2.64. The van der Waals surface area contributed by atoms with Gasteiger partial charge >= 0.3 is 11.9 Å². The van der Waals surface area contributed by atoms with Gasteiger partial charge in [-0.2, -0.15) is 5.10 Å². The first kappa shape index (κ1) is 11.8. The topological polar surface area (TPSA) is 104 Å². The monoisotopic (exact) mass is 225 g/mol. The van der Waals surface area contributed by atoms with Crippen LogP contribution in [-0.2, 0) is 16.1 Å². The molecule has 0 radical (unpaired) electrons. The SMILES string of the molecule is CCn1nccc1NC=C(C(=O)O)C(=O)O. The molecule has 7 nitrogen and oxygen atoms in total. The first-order chi connectivity index (χ1) is 7.56. The number of aromatic nitrogens is 2. The fourth-order valence-electron chi connectivity index (χ4n) is 1.07. The summed E-state index contributed by atoms with van der Waals surface area (Å²) in [6.07, 6.45) is 2.45. The molecule has 0 saturated carbocycles. The standard InChI is InChI=1S/C9H11N3O4/c1-2-12-7(3-4-11-12)10-5-6(8(13)14)9(15)16/h3-5,10H,2H2,1H3,(H,13,14)(H,15,16). The maximum absolute atomic E-state index is 10.5. The number of aliphatic carboxylic acids is 2. The van der Waals surface area contributed by atoms with Crippen molar-refractivity contribution in [3.8, 4) is 0 Å². The Hall–Kier alpha value is -2.31. The fraction of sp³-hybridized carbons (Fsp3) is 0.222. The summed E-state index contributed by atoms with van der Waals surface area (Å²) in [4.78, 5) is 21.1. The third-order valence-corrected chi connectivity index (χ3v) is 1.84. The Balaban J connectivity index is 2.85. The minimum atomic E-state index is -1.50. The molecule has 16 heavy (non-hydrogen) atoms. The second-order valence-corrected chi connectivity index (χ2v) is 2.84. The first-order valence-electron chi connectivity index (χ1n) is 4.51. The molecule has 1 aromatic heterocycles. The van der Waals surface area contributed by atoms with Crippen molar-refractivity contribution in [2.75, 3.05) is 5.32 Å². The number of hydrogen-bond acceptors (Lipinski definition) is 4. The van der Waals surface area contributed by atoms with Crippen LogP contribution in [0, 0.1) is 0 Å². The van der Waals surface area contributed by atoms with Gasteiger partial charge in [0.15, 0.2) is 5.57 Å². The molecule has 1 aromatic rings. The molecule has 0 aliphatic carbocycles. The van der Waals surface area contributed by atoms with Crippen molar-refractivity contribution in [1.29, 1.82) is 0 Å². The Bertz CT molecular complexity index is 420. The third-order valence-electron chi connectivity index (χ3n) is 1.84. The second kappa shape index (κ2) is 4.96. The number of hydrogen-bond donors (Lipinski definition) is 3. The first-order valence-corrected chi connectivity index (χ1v) is 4.51. The van der Waals surface area contributed by atoms with Gasteiger partial charge in [0.1, 0.15) is 5.82 Å². The van der Waals surface area contributed by atoms with Gasteiger partial charge in [0.05, 0.1) is 6.20 Å². The molecule has 7 heteroatoms. The van der Waals surface area contributed by atoms with Crippen molar-refractivity contribution < 1.29 is 19.8 Å². The van der Waals surface area contributed by atoms with E-state index in [1.165, 1.54) is 6.20 Å². The van der Waals surface area contributed by atoms with Crippen LogP contribution < -0.4 is 5.32 Å². The van der Waals surface area contributed by atoms with Gasteiger partial charge < -0.3 is 15.5 Å². The van der Waals surface area contributed by atoms with Crippen LogP contribution in [0.2, 0.25) is 0 Å². The molecule has 0 bridgehead atoms. The van der Waals surface area contributed by atoms with Crippen LogP contribution in [0.15, 0.2) is 24.0 Å². The molecular formula is C9H11N3O4. The van der Waals surface area contributed by atoms with E-state index in [2.05, 4.69) is 10.4 Å². The van der Waals surface area contributed by atoms with Crippen LogP contribution in [0.4, 0.5) is 5.82 Å². The normalized spacial score (nSPS) is 9.56. The summed E-state index contributed by atoms with van der Waals surface area (Å²) < 4.78 is 1.57. The van der Waals surface area contributed by atoms with Crippen molar-refractivity contribution in [1.82, 2.24) is 9.78 Å². The van der Waals surface area contributed by atoms with Gasteiger partial charge in [-0.25, -0.2) is 14.3 Å². The number of aryl methyl sites for hydroxylation is 1. The quantitative estimate of drug-likeness (QED) is 0.380. The zero-order valence-electron chi connectivity index (χ0n) is 8.54. The van der Waals surface area contributed by atoms with E-state index < -0.39 is 17.5 Å². The highest BCUT2D eigenvalue weighted by atomic mass is 16.4. The van der Waals surface area contributed by atoms with E-state index in [0.29, 0.717) is 12.4 Å². The van der Waals surface area contributed by atoms with Gasteiger partial charge in [0.25, 0.3) is 0 Å². The lowest BCUT2D eigenvalue weighted by atomic mass is 10.3. The molecule has 0 unspecified atom stereocenters. The molecule has 1 rings (SSSR count). The summed E-state index contributed by atoms with van der Waals surface area (Å²) in [6, 6.07) is 1.61. The number of carboxylic acids is 2. The summed E-state index contributed by atoms with van der Waals surface area (Å²) in [6.45, 7) is 2.45. The van der Waals surface area contributed by atoms with Crippen LogP contribution in [0.25, 0.3) is 0 Å². The lowest BCUT2D eigenvalue weighted by molar-refractivity contribution is -0.140. The Morgan fingerprint density at radius 2 is 2.12 bits per heavy atom. The molecule has 0 aromatic carbocycles. The van der Waals surface area contributed by atoms with E-state index in [1.807, 2.05) is 6.92 Å². The molecule has 86 valence electrons. The number of carbonyl (C=O) groups is 2. The Morgan fingerprint density at radius 3 is 2.62 bits per heavy atom. The van der Waals surface area contributed by atoms with E-state index in [-0.39, 0.29) is 0 Å². The van der Waals surface area contributed by atoms with Crippen molar-refractivity contribution in [3.05, 3.63) is 24.0 Å². The molecule has 0 fully saturated rings. The molecule has 0 atom stereocenters. The molecule has 0 spiro atoms. The maximum Gasteiger partial charge on any atom is 0.344 e. The van der Waals surface area contributed by atoms with Crippen LogP contribution in [0.3, 0.4) is 0 Å². The fourth-order valence-corrected chi connectivity index (χ4v) is 1.07. The summed E-state index contributed by atoms with van der Waals surface area (Å²) in [5, 5.41) is 23.7. The molecule has 0 aliphatic heterocycles. The summed E-state index contributed by atoms with van der Waals surface area (Å²) in [7, 11) is 0. The van der Waals surface area contributed by atoms with Gasteiger partial charge in [-0.3, -0.25) is 0 Å². The number of rotatable bonds is 5. The lowest BCUT2D eigenvalue weighted by Crippen LogP contribution is -2.13. The largest absolute Gasteiger partial charge is 0.477 e. The molecule has 3 N–H and O–H groups in total. The predicted molar refractivity (Wildman–Crippen MR) is 54.9 cm³/mol. The smallest absolute Gasteiger partial charge is 0.344 e.